The van der Waals surface area contributed by atoms with Gasteiger partial charge in [-0.15, -0.1) is 12.4 Å². The molecule has 7 nitrogen and oxygen atoms in total. The van der Waals surface area contributed by atoms with E-state index in [1.807, 2.05) is 30.3 Å². The molecule has 4 N–H and O–H groups in total. The third kappa shape index (κ3) is 5.02. The molecule has 3 rings (SSSR count). The Balaban J connectivity index is 0.00000243. The Morgan fingerprint density at radius 1 is 1.00 bits per heavy atom. The van der Waals surface area contributed by atoms with E-state index < -0.39 is 5.66 Å². The van der Waals surface area contributed by atoms with Gasteiger partial charge in [-0.2, -0.15) is 10.1 Å². The number of ether oxygens (including phenoxy) is 1. The van der Waals surface area contributed by atoms with Gasteiger partial charge in [0.1, 0.15) is 5.75 Å². The van der Waals surface area contributed by atoms with E-state index in [0.29, 0.717) is 19.2 Å². The molecule has 1 aliphatic carbocycles. The number of guanidine groups is 2. The van der Waals surface area contributed by atoms with Gasteiger partial charge in [0.15, 0.2) is 5.66 Å². The number of hydrogen-bond donors (Lipinski definition) is 2. The molecule has 2 aliphatic rings. The predicted molar refractivity (Wildman–Crippen MR) is 105 cm³/mol. The van der Waals surface area contributed by atoms with Crippen molar-refractivity contribution < 1.29 is 9.57 Å². The SMILES string of the molecule is Cl.NC1=NC2(CCCCC2)N(OCCCCOc2ccccc2)C(N)=N1. The third-order valence-corrected chi connectivity index (χ3v) is 4.56. The minimum Gasteiger partial charge on any atom is -0.494 e. The number of hydroxylamine groups is 2. The van der Waals surface area contributed by atoms with Crippen LogP contribution in [0.3, 0.4) is 0 Å². The third-order valence-electron chi connectivity index (χ3n) is 4.56. The predicted octanol–water partition coefficient (Wildman–Crippen LogP) is 2.80. The van der Waals surface area contributed by atoms with Crippen LogP contribution in [0.1, 0.15) is 44.9 Å². The number of nitrogens with two attached hydrogens (primary N) is 2. The maximum atomic E-state index is 6.06. The Morgan fingerprint density at radius 2 is 1.69 bits per heavy atom. The molecule has 1 aromatic carbocycles. The quantitative estimate of drug-likeness (QED) is 0.707. The zero-order chi connectivity index (χ0) is 17.5. The fraction of sp³-hybridized carbons (Fsp3) is 0.556. The molecule has 1 aliphatic heterocycles. The summed E-state index contributed by atoms with van der Waals surface area (Å²) in [6, 6.07) is 9.81. The lowest BCUT2D eigenvalue weighted by molar-refractivity contribution is -0.177. The van der Waals surface area contributed by atoms with Crippen molar-refractivity contribution in [2.45, 2.75) is 50.6 Å². The van der Waals surface area contributed by atoms with Crippen LogP contribution in [0, 0.1) is 0 Å². The van der Waals surface area contributed by atoms with Crippen LogP contribution in [0.2, 0.25) is 0 Å². The summed E-state index contributed by atoms with van der Waals surface area (Å²) in [5, 5.41) is 1.68. The number of nitrogens with zero attached hydrogens (tertiary/aromatic N) is 3. The monoisotopic (exact) mass is 381 g/mol. The molecule has 1 aromatic rings. The van der Waals surface area contributed by atoms with Crippen LogP contribution in [0.5, 0.6) is 5.75 Å². The topological polar surface area (TPSA) is 98.5 Å². The minimum absolute atomic E-state index is 0. The lowest BCUT2D eigenvalue weighted by atomic mass is 9.89. The molecule has 1 spiro atoms. The van der Waals surface area contributed by atoms with Crippen molar-refractivity contribution >= 4 is 24.3 Å². The Kier molecular flexibility index (Phi) is 7.53. The lowest BCUT2D eigenvalue weighted by Crippen LogP contribution is -2.57. The van der Waals surface area contributed by atoms with Gasteiger partial charge in [0.2, 0.25) is 11.9 Å². The van der Waals surface area contributed by atoms with Gasteiger partial charge in [-0.05, 0) is 50.7 Å². The maximum absolute atomic E-state index is 6.06. The fourth-order valence-corrected chi connectivity index (χ4v) is 3.35. The van der Waals surface area contributed by atoms with Crippen LogP contribution in [0.15, 0.2) is 40.3 Å². The fourth-order valence-electron chi connectivity index (χ4n) is 3.35. The number of halogens is 1. The van der Waals surface area contributed by atoms with E-state index in [9.17, 15) is 0 Å². The van der Waals surface area contributed by atoms with Crippen LogP contribution >= 0.6 is 12.4 Å². The second kappa shape index (κ2) is 9.64. The highest BCUT2D eigenvalue weighted by molar-refractivity contribution is 5.95. The Labute approximate surface area is 160 Å². The van der Waals surface area contributed by atoms with Crippen LogP contribution in [-0.4, -0.2) is 35.9 Å². The molecule has 0 atom stereocenters. The van der Waals surface area contributed by atoms with Crippen LogP contribution < -0.4 is 16.2 Å². The van der Waals surface area contributed by atoms with Crippen molar-refractivity contribution in [3.63, 3.8) is 0 Å². The molecule has 0 radical (unpaired) electrons. The molecular formula is C18H28ClN5O2. The van der Waals surface area contributed by atoms with Gasteiger partial charge in [-0.1, -0.05) is 24.6 Å². The number of benzene rings is 1. The summed E-state index contributed by atoms with van der Waals surface area (Å²) in [5.74, 6) is 1.44. The summed E-state index contributed by atoms with van der Waals surface area (Å²) in [7, 11) is 0. The van der Waals surface area contributed by atoms with E-state index in [-0.39, 0.29) is 18.4 Å². The van der Waals surface area contributed by atoms with Crippen molar-refractivity contribution in [3.05, 3.63) is 30.3 Å². The standard InChI is InChI=1S/C18H27N5O2.ClH/c19-16-21-17(20)23(18(22-16)11-5-2-6-12-18)25-14-8-7-13-24-15-9-3-1-4-10-15;/h1,3-4,9-10H,2,5-8,11-14H2,(H4,19,20,21,22);1H. The lowest BCUT2D eigenvalue weighted by Gasteiger charge is -2.44. The van der Waals surface area contributed by atoms with Gasteiger partial charge in [0, 0.05) is 0 Å². The van der Waals surface area contributed by atoms with E-state index in [1.165, 1.54) is 6.42 Å². The number of hydrogen-bond acceptors (Lipinski definition) is 7. The van der Waals surface area contributed by atoms with Gasteiger partial charge in [-0.3, -0.25) is 4.84 Å². The molecule has 144 valence electrons. The zero-order valence-corrected chi connectivity index (χ0v) is 15.8. The van der Waals surface area contributed by atoms with Crippen molar-refractivity contribution in [3.8, 4) is 5.75 Å². The summed E-state index contributed by atoms with van der Waals surface area (Å²) >= 11 is 0. The molecule has 0 amide bonds. The number of rotatable bonds is 7. The van der Waals surface area contributed by atoms with Crippen molar-refractivity contribution in [1.29, 1.82) is 0 Å². The smallest absolute Gasteiger partial charge is 0.226 e. The number of para-hydroxylation sites is 1. The molecule has 1 heterocycles. The summed E-state index contributed by atoms with van der Waals surface area (Å²) in [5.41, 5.74) is 11.4. The molecule has 1 fully saturated rings. The van der Waals surface area contributed by atoms with Crippen molar-refractivity contribution in [2.75, 3.05) is 13.2 Å². The molecule has 0 unspecified atom stereocenters. The molecule has 8 heteroatoms. The highest BCUT2D eigenvalue weighted by Gasteiger charge is 2.42. The second-order valence-corrected chi connectivity index (χ2v) is 6.48. The summed E-state index contributed by atoms with van der Waals surface area (Å²) < 4.78 is 5.69. The van der Waals surface area contributed by atoms with E-state index >= 15 is 0 Å². The average Bonchev–Trinajstić information content (AvgIpc) is 2.61. The summed E-state index contributed by atoms with van der Waals surface area (Å²) in [6.07, 6.45) is 6.94. The first-order chi connectivity index (χ1) is 12.2. The van der Waals surface area contributed by atoms with E-state index in [0.717, 1.165) is 44.3 Å². The first kappa shape index (κ1) is 20.3. The Morgan fingerprint density at radius 3 is 2.42 bits per heavy atom. The first-order valence-corrected chi connectivity index (χ1v) is 9.00. The highest BCUT2D eigenvalue weighted by atomic mass is 35.5. The highest BCUT2D eigenvalue weighted by Crippen LogP contribution is 2.36. The summed E-state index contributed by atoms with van der Waals surface area (Å²) in [6.45, 7) is 1.21. The van der Waals surface area contributed by atoms with E-state index in [2.05, 4.69) is 9.98 Å². The normalized spacial score (nSPS) is 18.7. The molecule has 1 saturated carbocycles. The molecular weight excluding hydrogens is 354 g/mol. The minimum atomic E-state index is -0.477. The molecule has 26 heavy (non-hydrogen) atoms. The van der Waals surface area contributed by atoms with Crippen molar-refractivity contribution in [2.24, 2.45) is 21.5 Å². The molecule has 0 bridgehead atoms. The Bertz CT molecular complexity index is 617. The maximum Gasteiger partial charge on any atom is 0.226 e. The van der Waals surface area contributed by atoms with Gasteiger partial charge in [-0.25, -0.2) is 4.99 Å². The largest absolute Gasteiger partial charge is 0.494 e. The van der Waals surface area contributed by atoms with Gasteiger partial charge >= 0.3 is 0 Å². The van der Waals surface area contributed by atoms with Gasteiger partial charge in [0.25, 0.3) is 0 Å². The molecule has 0 saturated heterocycles. The zero-order valence-electron chi connectivity index (χ0n) is 15.0. The van der Waals surface area contributed by atoms with Crippen LogP contribution in [-0.2, 0) is 4.84 Å². The van der Waals surface area contributed by atoms with E-state index in [4.69, 9.17) is 21.0 Å². The van der Waals surface area contributed by atoms with Crippen LogP contribution in [0.25, 0.3) is 0 Å². The van der Waals surface area contributed by atoms with E-state index in [1.54, 1.807) is 5.06 Å². The van der Waals surface area contributed by atoms with Crippen molar-refractivity contribution in [1.82, 2.24) is 5.06 Å². The second-order valence-electron chi connectivity index (χ2n) is 6.48. The van der Waals surface area contributed by atoms with Gasteiger partial charge < -0.3 is 16.2 Å². The average molecular weight is 382 g/mol. The van der Waals surface area contributed by atoms with Gasteiger partial charge in [0.05, 0.1) is 13.2 Å². The molecule has 0 aromatic heterocycles. The Hall–Kier alpha value is -1.99. The first-order valence-electron chi connectivity index (χ1n) is 9.00. The number of aliphatic imine (C=N–C) groups is 2. The van der Waals surface area contributed by atoms with Crippen LogP contribution in [0.4, 0.5) is 0 Å². The summed E-state index contributed by atoms with van der Waals surface area (Å²) in [4.78, 5) is 14.6. The number of unbranched alkanes of at least 4 members (excludes halogenated alkanes) is 1.